The summed E-state index contributed by atoms with van der Waals surface area (Å²) in [5.74, 6) is 0.854. The summed E-state index contributed by atoms with van der Waals surface area (Å²) in [6.45, 7) is 5.67. The summed E-state index contributed by atoms with van der Waals surface area (Å²) >= 11 is 1.48. The van der Waals surface area contributed by atoms with E-state index in [1.165, 1.54) is 49.9 Å². The molecule has 0 atom stereocenters. The summed E-state index contributed by atoms with van der Waals surface area (Å²) < 4.78 is 5.68. The van der Waals surface area contributed by atoms with E-state index in [2.05, 4.69) is 39.0 Å². The molecule has 0 radical (unpaired) electrons. The Bertz CT molecular complexity index is 662. The molecule has 118 valence electrons. The van der Waals surface area contributed by atoms with E-state index in [-0.39, 0.29) is 0 Å². The second-order valence-corrected chi connectivity index (χ2v) is 6.93. The van der Waals surface area contributed by atoms with Gasteiger partial charge in [-0.25, -0.2) is 9.78 Å². The van der Waals surface area contributed by atoms with Crippen LogP contribution in [0.2, 0.25) is 0 Å². The van der Waals surface area contributed by atoms with Crippen molar-refractivity contribution in [2.45, 2.75) is 26.3 Å². The van der Waals surface area contributed by atoms with Gasteiger partial charge in [0, 0.05) is 6.54 Å². The number of nitrogens with zero attached hydrogens (tertiary/aromatic N) is 2. The normalized spacial score (nSPS) is 16.8. The van der Waals surface area contributed by atoms with E-state index in [4.69, 9.17) is 0 Å². The van der Waals surface area contributed by atoms with Gasteiger partial charge in [-0.05, 0) is 49.5 Å². The lowest BCUT2D eigenvalue weighted by molar-refractivity contribution is 0.185. The first-order chi connectivity index (χ1) is 10.6. The highest BCUT2D eigenvalue weighted by molar-refractivity contribution is 7.22. The summed E-state index contributed by atoms with van der Waals surface area (Å²) in [6, 6.07) is 6.33. The van der Waals surface area contributed by atoms with Crippen molar-refractivity contribution in [1.82, 2.24) is 9.88 Å². The summed E-state index contributed by atoms with van der Waals surface area (Å²) in [6.07, 6.45) is 2.09. The molecule has 0 spiro atoms. The molecule has 1 amide bonds. The zero-order valence-electron chi connectivity index (χ0n) is 13.0. The average molecular weight is 319 g/mol. The lowest BCUT2D eigenvalue weighted by Gasteiger charge is -2.30. The molecule has 0 saturated carbocycles. The number of nitrogens with one attached hydrogen (secondary N) is 1. The number of benzene rings is 1. The number of methoxy groups -OCH3 is 1. The number of thiazole rings is 1. The molecule has 3 rings (SSSR count). The average Bonchev–Trinajstić information content (AvgIpc) is 2.91. The molecule has 2 heterocycles. The fourth-order valence-corrected chi connectivity index (χ4v) is 3.65. The Kier molecular flexibility index (Phi) is 4.59. The van der Waals surface area contributed by atoms with Gasteiger partial charge in [0.05, 0.1) is 17.3 Å². The second kappa shape index (κ2) is 6.62. The van der Waals surface area contributed by atoms with Crippen molar-refractivity contribution >= 4 is 32.8 Å². The number of hydrogen-bond acceptors (Lipinski definition) is 5. The molecule has 1 aliphatic rings. The van der Waals surface area contributed by atoms with Crippen LogP contribution in [0.25, 0.3) is 10.2 Å². The maximum absolute atomic E-state index is 11.2. The van der Waals surface area contributed by atoms with Gasteiger partial charge in [0.25, 0.3) is 0 Å². The standard InChI is InChI=1S/C16H21N3O2S/c1-11-5-7-19(8-6-11)10-12-3-4-13-14(9-12)22-15(17-13)18-16(20)21-2/h3-4,9,11H,5-8,10H2,1-2H3,(H,17,18,20). The SMILES string of the molecule is COC(=O)Nc1nc2ccc(CN3CCC(C)CC3)cc2s1. The van der Waals surface area contributed by atoms with E-state index in [9.17, 15) is 4.79 Å². The number of ether oxygens (including phenoxy) is 1. The predicted molar refractivity (Wildman–Crippen MR) is 89.3 cm³/mol. The van der Waals surface area contributed by atoms with Gasteiger partial charge in [0.2, 0.25) is 0 Å². The van der Waals surface area contributed by atoms with Crippen LogP contribution < -0.4 is 5.32 Å². The van der Waals surface area contributed by atoms with E-state index in [0.717, 1.165) is 22.7 Å². The Morgan fingerprint density at radius 1 is 1.45 bits per heavy atom. The van der Waals surface area contributed by atoms with Crippen LogP contribution in [0.15, 0.2) is 18.2 Å². The van der Waals surface area contributed by atoms with Gasteiger partial charge in [0.15, 0.2) is 5.13 Å². The summed E-state index contributed by atoms with van der Waals surface area (Å²) in [7, 11) is 1.35. The first kappa shape index (κ1) is 15.2. The molecule has 5 nitrogen and oxygen atoms in total. The Balaban J connectivity index is 1.71. The monoisotopic (exact) mass is 319 g/mol. The van der Waals surface area contributed by atoms with E-state index in [0.29, 0.717) is 5.13 Å². The van der Waals surface area contributed by atoms with Crippen molar-refractivity contribution in [3.8, 4) is 0 Å². The molecule has 2 aromatic rings. The van der Waals surface area contributed by atoms with Gasteiger partial charge in [0.1, 0.15) is 0 Å². The van der Waals surface area contributed by atoms with Gasteiger partial charge >= 0.3 is 6.09 Å². The molecule has 1 saturated heterocycles. The Labute approximate surface area is 134 Å². The second-order valence-electron chi connectivity index (χ2n) is 5.90. The lowest BCUT2D eigenvalue weighted by atomic mass is 9.99. The van der Waals surface area contributed by atoms with Crippen molar-refractivity contribution in [1.29, 1.82) is 0 Å². The molecular formula is C16H21N3O2S. The predicted octanol–water partition coefficient (Wildman–Crippen LogP) is 3.71. The van der Waals surface area contributed by atoms with Crippen molar-refractivity contribution in [2.24, 2.45) is 5.92 Å². The largest absolute Gasteiger partial charge is 0.453 e. The van der Waals surface area contributed by atoms with E-state index >= 15 is 0 Å². The van der Waals surface area contributed by atoms with E-state index in [1.807, 2.05) is 6.07 Å². The number of amides is 1. The minimum atomic E-state index is -0.485. The van der Waals surface area contributed by atoms with Crippen molar-refractivity contribution in [3.63, 3.8) is 0 Å². The smallest absolute Gasteiger partial charge is 0.413 e. The molecular weight excluding hydrogens is 298 g/mol. The van der Waals surface area contributed by atoms with E-state index in [1.54, 1.807) is 0 Å². The third-order valence-electron chi connectivity index (χ3n) is 4.13. The number of rotatable bonds is 3. The van der Waals surface area contributed by atoms with Crippen LogP contribution in [0.1, 0.15) is 25.3 Å². The van der Waals surface area contributed by atoms with Gasteiger partial charge in [-0.2, -0.15) is 0 Å². The Hall–Kier alpha value is -1.66. The van der Waals surface area contributed by atoms with Crippen molar-refractivity contribution in [2.75, 3.05) is 25.5 Å². The number of anilines is 1. The fourth-order valence-electron chi connectivity index (χ4n) is 2.74. The van der Waals surface area contributed by atoms with Crippen LogP contribution in [-0.4, -0.2) is 36.2 Å². The highest BCUT2D eigenvalue weighted by Gasteiger charge is 2.16. The minimum Gasteiger partial charge on any atom is -0.453 e. The number of fused-ring (bicyclic) bond motifs is 1. The highest BCUT2D eigenvalue weighted by atomic mass is 32.1. The van der Waals surface area contributed by atoms with Crippen molar-refractivity contribution < 1.29 is 9.53 Å². The summed E-state index contributed by atoms with van der Waals surface area (Å²) in [5, 5.41) is 3.20. The summed E-state index contributed by atoms with van der Waals surface area (Å²) in [5.41, 5.74) is 2.21. The molecule has 0 aliphatic carbocycles. The molecule has 1 aromatic carbocycles. The topological polar surface area (TPSA) is 54.5 Å². The van der Waals surface area contributed by atoms with Gasteiger partial charge in [-0.15, -0.1) is 0 Å². The first-order valence-corrected chi connectivity index (χ1v) is 8.42. The highest BCUT2D eigenvalue weighted by Crippen LogP contribution is 2.28. The van der Waals surface area contributed by atoms with Crippen molar-refractivity contribution in [3.05, 3.63) is 23.8 Å². The number of likely N-dealkylation sites (tertiary alicyclic amines) is 1. The number of hydrogen-bond donors (Lipinski definition) is 1. The van der Waals surface area contributed by atoms with Crippen LogP contribution in [0.3, 0.4) is 0 Å². The maximum atomic E-state index is 11.2. The quantitative estimate of drug-likeness (QED) is 0.937. The molecule has 0 bridgehead atoms. The number of carbonyl (C=O) groups excluding carboxylic acids is 1. The molecule has 0 unspecified atom stereocenters. The number of piperidine rings is 1. The van der Waals surface area contributed by atoms with E-state index < -0.39 is 6.09 Å². The first-order valence-electron chi connectivity index (χ1n) is 7.61. The Morgan fingerprint density at radius 3 is 2.95 bits per heavy atom. The van der Waals surface area contributed by atoms with Crippen LogP contribution in [-0.2, 0) is 11.3 Å². The fraction of sp³-hybridized carbons (Fsp3) is 0.500. The zero-order valence-corrected chi connectivity index (χ0v) is 13.8. The molecule has 1 aliphatic heterocycles. The summed E-state index contributed by atoms with van der Waals surface area (Å²) in [4.78, 5) is 18.1. The van der Waals surface area contributed by atoms with Gasteiger partial charge < -0.3 is 4.74 Å². The molecule has 1 aromatic heterocycles. The molecule has 22 heavy (non-hydrogen) atoms. The molecule has 1 fully saturated rings. The molecule has 6 heteroatoms. The maximum Gasteiger partial charge on any atom is 0.413 e. The number of carbonyl (C=O) groups is 1. The third kappa shape index (κ3) is 3.56. The Morgan fingerprint density at radius 2 is 2.23 bits per heavy atom. The van der Waals surface area contributed by atoms with Gasteiger partial charge in [-0.1, -0.05) is 24.3 Å². The van der Waals surface area contributed by atoms with Gasteiger partial charge in [-0.3, -0.25) is 10.2 Å². The zero-order chi connectivity index (χ0) is 15.5. The lowest BCUT2D eigenvalue weighted by Crippen LogP contribution is -2.32. The third-order valence-corrected chi connectivity index (χ3v) is 5.06. The van der Waals surface area contributed by atoms with Crippen LogP contribution in [0, 0.1) is 5.92 Å². The number of aromatic nitrogens is 1. The van der Waals surface area contributed by atoms with Crippen LogP contribution in [0.5, 0.6) is 0 Å². The minimum absolute atomic E-state index is 0.485. The molecule has 1 N–H and O–H groups in total. The van der Waals surface area contributed by atoms with Crippen LogP contribution >= 0.6 is 11.3 Å². The van der Waals surface area contributed by atoms with Crippen LogP contribution in [0.4, 0.5) is 9.93 Å².